The number of aromatic nitrogens is 2. The Balaban J connectivity index is 3.12. The third-order valence-electron chi connectivity index (χ3n) is 1.05. The third-order valence-corrected chi connectivity index (χ3v) is 1.05. The van der Waals surface area contributed by atoms with E-state index in [1.54, 1.807) is 0 Å². The maximum absolute atomic E-state index is 10.1. The topological polar surface area (TPSA) is 106 Å². The van der Waals surface area contributed by atoms with E-state index in [4.69, 9.17) is 0 Å². The Morgan fingerprint density at radius 1 is 1.08 bits per heavy atom. The molecule has 0 bridgehead atoms. The summed E-state index contributed by atoms with van der Waals surface area (Å²) in [5.41, 5.74) is -1.06. The molecule has 62 valence electrons. The van der Waals surface area contributed by atoms with Gasteiger partial charge in [0.15, 0.2) is 0 Å². The van der Waals surface area contributed by atoms with Gasteiger partial charge in [-0.05, 0) is 0 Å². The molecule has 6 heteroatoms. The highest BCUT2D eigenvalue weighted by atomic mass is 16.4. The summed E-state index contributed by atoms with van der Waals surface area (Å²) in [5.74, 6) is -3.16. The van der Waals surface area contributed by atoms with Crippen molar-refractivity contribution >= 4 is 11.9 Å². The first-order valence-corrected chi connectivity index (χ1v) is 2.86. The average molecular weight is 166 g/mol. The van der Waals surface area contributed by atoms with E-state index in [9.17, 15) is 19.8 Å². The van der Waals surface area contributed by atoms with Crippen molar-refractivity contribution in [3.05, 3.63) is 23.8 Å². The van der Waals surface area contributed by atoms with E-state index >= 15 is 0 Å². The molecule has 12 heavy (non-hydrogen) atoms. The molecule has 1 heterocycles. The van der Waals surface area contributed by atoms with Gasteiger partial charge in [0.25, 0.3) is 0 Å². The van der Waals surface area contributed by atoms with Gasteiger partial charge in [0.05, 0.1) is 24.3 Å². The normalized spacial score (nSPS) is 9.33. The van der Waals surface area contributed by atoms with Crippen LogP contribution in [0, 0.1) is 0 Å². The molecule has 0 saturated heterocycles. The smallest absolute Gasteiger partial charge is 0.105 e. The van der Waals surface area contributed by atoms with E-state index in [-0.39, 0.29) is 0 Å². The summed E-state index contributed by atoms with van der Waals surface area (Å²) >= 11 is 0. The van der Waals surface area contributed by atoms with Gasteiger partial charge in [0.2, 0.25) is 0 Å². The first-order valence-electron chi connectivity index (χ1n) is 2.86. The maximum Gasteiger partial charge on any atom is 0.105 e. The lowest BCUT2D eigenvalue weighted by Gasteiger charge is -2.03. The molecule has 0 fully saturated rings. The van der Waals surface area contributed by atoms with Crippen molar-refractivity contribution < 1.29 is 19.8 Å². The van der Waals surface area contributed by atoms with Crippen LogP contribution in [0.25, 0.3) is 0 Å². The van der Waals surface area contributed by atoms with Gasteiger partial charge in [-0.25, -0.2) is 4.98 Å². The van der Waals surface area contributed by atoms with Gasteiger partial charge < -0.3 is 19.8 Å². The van der Waals surface area contributed by atoms with Crippen molar-refractivity contribution in [2.75, 3.05) is 0 Å². The monoisotopic (exact) mass is 166 g/mol. The van der Waals surface area contributed by atoms with Crippen molar-refractivity contribution in [3.8, 4) is 0 Å². The molecule has 0 aliphatic rings. The van der Waals surface area contributed by atoms with Crippen molar-refractivity contribution in [1.29, 1.82) is 0 Å². The molecule has 1 aromatic heterocycles. The summed E-state index contributed by atoms with van der Waals surface area (Å²) in [6.07, 6.45) is 1.78. The second kappa shape index (κ2) is 2.95. The number of nitrogens with zero attached hydrogens (tertiary/aromatic N) is 2. The molecule has 1 rings (SSSR count). The Morgan fingerprint density at radius 2 is 1.50 bits per heavy atom. The van der Waals surface area contributed by atoms with Crippen LogP contribution in [-0.4, -0.2) is 21.9 Å². The SMILES string of the molecule is O=C([O-])c1cncc(C(=O)[O-])n1. The van der Waals surface area contributed by atoms with Gasteiger partial charge >= 0.3 is 0 Å². The third kappa shape index (κ3) is 1.54. The Labute approximate surface area is 66.5 Å². The Kier molecular flexibility index (Phi) is 2.00. The van der Waals surface area contributed by atoms with Gasteiger partial charge in [0, 0.05) is 0 Å². The summed E-state index contributed by atoms with van der Waals surface area (Å²) in [6.45, 7) is 0. The summed E-state index contributed by atoms with van der Waals surface area (Å²) in [4.78, 5) is 26.8. The number of hydrogen-bond acceptors (Lipinski definition) is 6. The number of carbonyl (C=O) groups is 2. The molecule has 6 nitrogen and oxygen atoms in total. The van der Waals surface area contributed by atoms with Crippen LogP contribution in [0.3, 0.4) is 0 Å². The number of hydrogen-bond donors (Lipinski definition) is 0. The van der Waals surface area contributed by atoms with E-state index in [2.05, 4.69) is 9.97 Å². The lowest BCUT2D eigenvalue weighted by molar-refractivity contribution is -0.255. The van der Waals surface area contributed by atoms with Gasteiger partial charge in [-0.3, -0.25) is 4.98 Å². The molecule has 0 aromatic carbocycles. The van der Waals surface area contributed by atoms with E-state index in [0.717, 1.165) is 12.4 Å². The molecule has 0 radical (unpaired) electrons. The Hall–Kier alpha value is -1.98. The highest BCUT2D eigenvalue weighted by Gasteiger charge is 1.99. The second-order valence-electron chi connectivity index (χ2n) is 1.86. The quantitative estimate of drug-likeness (QED) is 0.469. The van der Waals surface area contributed by atoms with E-state index in [0.29, 0.717) is 0 Å². The van der Waals surface area contributed by atoms with Crippen LogP contribution in [0.2, 0.25) is 0 Å². The minimum atomic E-state index is -1.58. The zero-order chi connectivity index (χ0) is 9.14. The lowest BCUT2D eigenvalue weighted by Crippen LogP contribution is -2.28. The number of carboxylic acid groups (broad SMARTS) is 2. The molecule has 0 atom stereocenters. The van der Waals surface area contributed by atoms with E-state index in [1.807, 2.05) is 0 Å². The standard InChI is InChI=1S/C6H4N2O4/c9-5(10)3-1-7-2-4(8-3)6(11)12/h1-2H,(H,9,10)(H,11,12)/p-2. The molecular weight excluding hydrogens is 164 g/mol. The molecule has 0 N–H and O–H groups in total. The summed E-state index contributed by atoms with van der Waals surface area (Å²) in [6, 6.07) is 0. The molecule has 0 aliphatic carbocycles. The zero-order valence-electron chi connectivity index (χ0n) is 5.68. The predicted octanol–water partition coefficient (Wildman–Crippen LogP) is -2.80. The fraction of sp³-hybridized carbons (Fsp3) is 0. The second-order valence-corrected chi connectivity index (χ2v) is 1.86. The average Bonchev–Trinajstić information content (AvgIpc) is 2.04. The van der Waals surface area contributed by atoms with Gasteiger partial charge in [0.1, 0.15) is 11.4 Å². The first kappa shape index (κ1) is 8.12. The summed E-state index contributed by atoms with van der Waals surface area (Å²) in [7, 11) is 0. The fourth-order valence-corrected chi connectivity index (χ4v) is 0.563. The van der Waals surface area contributed by atoms with E-state index < -0.39 is 23.3 Å². The molecule has 0 spiro atoms. The predicted molar refractivity (Wildman–Crippen MR) is 30.7 cm³/mol. The van der Waals surface area contributed by atoms with Crippen LogP contribution < -0.4 is 10.2 Å². The van der Waals surface area contributed by atoms with Gasteiger partial charge in [-0.2, -0.15) is 0 Å². The largest absolute Gasteiger partial charge is 0.543 e. The van der Waals surface area contributed by atoms with Gasteiger partial charge in [-0.1, -0.05) is 0 Å². The molecular formula is C6H2N2O4-2. The highest BCUT2D eigenvalue weighted by Crippen LogP contribution is 1.93. The molecule has 0 saturated carbocycles. The Bertz CT molecular complexity index is 307. The maximum atomic E-state index is 10.1. The van der Waals surface area contributed by atoms with Crippen molar-refractivity contribution in [2.45, 2.75) is 0 Å². The number of carbonyl (C=O) groups excluding carboxylic acids is 2. The summed E-state index contributed by atoms with van der Waals surface area (Å²) < 4.78 is 0. The minimum Gasteiger partial charge on any atom is -0.543 e. The minimum absolute atomic E-state index is 0.531. The van der Waals surface area contributed by atoms with Crippen molar-refractivity contribution in [3.63, 3.8) is 0 Å². The van der Waals surface area contributed by atoms with Crippen LogP contribution in [0.15, 0.2) is 12.4 Å². The van der Waals surface area contributed by atoms with Crippen molar-refractivity contribution in [1.82, 2.24) is 9.97 Å². The molecule has 1 aromatic rings. The zero-order valence-corrected chi connectivity index (χ0v) is 5.68. The van der Waals surface area contributed by atoms with Crippen LogP contribution in [0.5, 0.6) is 0 Å². The van der Waals surface area contributed by atoms with Gasteiger partial charge in [-0.15, -0.1) is 0 Å². The first-order chi connectivity index (χ1) is 5.61. The number of aromatic carboxylic acids is 2. The fourth-order valence-electron chi connectivity index (χ4n) is 0.563. The molecule has 0 amide bonds. The van der Waals surface area contributed by atoms with Crippen LogP contribution in [0.1, 0.15) is 21.0 Å². The molecule has 0 unspecified atom stereocenters. The van der Waals surface area contributed by atoms with Crippen LogP contribution >= 0.6 is 0 Å². The van der Waals surface area contributed by atoms with Crippen molar-refractivity contribution in [2.24, 2.45) is 0 Å². The lowest BCUT2D eigenvalue weighted by atomic mass is 10.4. The number of rotatable bonds is 2. The Morgan fingerprint density at radius 3 is 1.83 bits per heavy atom. The van der Waals surface area contributed by atoms with Crippen LogP contribution in [0.4, 0.5) is 0 Å². The number of carboxylic acids is 2. The molecule has 0 aliphatic heterocycles. The highest BCUT2D eigenvalue weighted by molar-refractivity contribution is 5.87. The van der Waals surface area contributed by atoms with Crippen LogP contribution in [-0.2, 0) is 0 Å². The summed E-state index contributed by atoms with van der Waals surface area (Å²) in [5, 5.41) is 20.3. The van der Waals surface area contributed by atoms with E-state index in [1.165, 1.54) is 0 Å².